The highest BCUT2D eigenvalue weighted by atomic mass is 16.3. The Hall–Kier alpha value is -2.04. The molecule has 0 aliphatic heterocycles. The van der Waals surface area contributed by atoms with E-state index in [9.17, 15) is 14.7 Å². The van der Waals surface area contributed by atoms with Crippen molar-refractivity contribution in [2.75, 3.05) is 5.32 Å². The van der Waals surface area contributed by atoms with E-state index in [-0.39, 0.29) is 11.8 Å². The summed E-state index contributed by atoms with van der Waals surface area (Å²) in [6.45, 7) is 2.00. The monoisotopic (exact) mass is 302 g/mol. The molecule has 2 amide bonds. The fraction of sp³-hybridized carbons (Fsp3) is 0.529. The third kappa shape index (κ3) is 3.08. The topological polar surface area (TPSA) is 78.4 Å². The van der Waals surface area contributed by atoms with Gasteiger partial charge in [0.15, 0.2) is 0 Å². The Kier molecular flexibility index (Phi) is 4.05. The van der Waals surface area contributed by atoms with E-state index in [4.69, 9.17) is 0 Å². The molecule has 0 spiro atoms. The molecule has 4 atom stereocenters. The maximum absolute atomic E-state index is 12.0. The van der Waals surface area contributed by atoms with Crippen LogP contribution in [0.2, 0.25) is 0 Å². The highest BCUT2D eigenvalue weighted by Gasteiger charge is 2.42. The average molecular weight is 302 g/mol. The summed E-state index contributed by atoms with van der Waals surface area (Å²) < 4.78 is 0. The summed E-state index contributed by atoms with van der Waals surface area (Å²) in [5.41, 5.74) is 0.491. The summed E-state index contributed by atoms with van der Waals surface area (Å²) in [5.74, 6) is 0.890. The van der Waals surface area contributed by atoms with Crippen LogP contribution in [0.4, 0.5) is 5.69 Å². The van der Waals surface area contributed by atoms with Gasteiger partial charge in [-0.1, -0.05) is 6.42 Å². The van der Waals surface area contributed by atoms with Crippen LogP contribution in [0.15, 0.2) is 24.3 Å². The zero-order valence-electron chi connectivity index (χ0n) is 12.7. The van der Waals surface area contributed by atoms with Gasteiger partial charge in [0.1, 0.15) is 5.75 Å². The van der Waals surface area contributed by atoms with Gasteiger partial charge in [-0.05, 0) is 68.2 Å². The normalized spacial score (nSPS) is 27.4. The predicted octanol–water partition coefficient (Wildman–Crippen LogP) is 2.27. The first-order valence-electron chi connectivity index (χ1n) is 7.94. The number of carbonyl (C=O) groups is 2. The fourth-order valence-corrected chi connectivity index (χ4v) is 4.02. The first-order valence-corrected chi connectivity index (χ1v) is 7.94. The van der Waals surface area contributed by atoms with Crippen LogP contribution in [-0.2, 0) is 9.59 Å². The van der Waals surface area contributed by atoms with E-state index in [0.29, 0.717) is 17.5 Å². The summed E-state index contributed by atoms with van der Waals surface area (Å²) in [6, 6.07) is 6.07. The lowest BCUT2D eigenvalue weighted by atomic mass is 9.84. The number of phenolic OH excluding ortho intramolecular Hbond substituents is 1. The van der Waals surface area contributed by atoms with Crippen LogP contribution in [0.5, 0.6) is 5.75 Å². The van der Waals surface area contributed by atoms with Gasteiger partial charge in [0.25, 0.3) is 0 Å². The SMILES string of the molecule is CC(NC(=O)C(=O)Nc1ccc(O)cc1)C1CC2CCC1C2. The second kappa shape index (κ2) is 5.99. The van der Waals surface area contributed by atoms with E-state index in [1.54, 1.807) is 12.1 Å². The van der Waals surface area contributed by atoms with Crippen LogP contribution in [0.1, 0.15) is 32.6 Å². The zero-order chi connectivity index (χ0) is 15.7. The number of benzene rings is 1. The van der Waals surface area contributed by atoms with Gasteiger partial charge in [-0.25, -0.2) is 0 Å². The second-order valence-corrected chi connectivity index (χ2v) is 6.60. The molecule has 0 aromatic heterocycles. The van der Waals surface area contributed by atoms with Crippen LogP contribution in [0, 0.1) is 17.8 Å². The Morgan fingerprint density at radius 2 is 1.86 bits per heavy atom. The van der Waals surface area contributed by atoms with Gasteiger partial charge in [-0.15, -0.1) is 0 Å². The van der Waals surface area contributed by atoms with Crippen LogP contribution in [-0.4, -0.2) is 23.0 Å². The number of amides is 2. The Morgan fingerprint density at radius 3 is 2.45 bits per heavy atom. The van der Waals surface area contributed by atoms with E-state index >= 15 is 0 Å². The van der Waals surface area contributed by atoms with Crippen molar-refractivity contribution >= 4 is 17.5 Å². The molecule has 2 aliphatic carbocycles. The summed E-state index contributed by atoms with van der Waals surface area (Å²) in [4.78, 5) is 23.9. The Morgan fingerprint density at radius 1 is 1.14 bits per heavy atom. The number of carbonyl (C=O) groups excluding carboxylic acids is 2. The molecule has 118 valence electrons. The third-order valence-electron chi connectivity index (χ3n) is 5.13. The highest BCUT2D eigenvalue weighted by molar-refractivity contribution is 6.39. The van der Waals surface area contributed by atoms with Crippen molar-refractivity contribution in [2.45, 2.75) is 38.6 Å². The molecule has 1 aromatic rings. The van der Waals surface area contributed by atoms with E-state index < -0.39 is 11.8 Å². The van der Waals surface area contributed by atoms with Gasteiger partial charge < -0.3 is 15.7 Å². The lowest BCUT2D eigenvalue weighted by Gasteiger charge is -2.28. The minimum absolute atomic E-state index is 0.0355. The van der Waals surface area contributed by atoms with Crippen LogP contribution in [0.25, 0.3) is 0 Å². The first kappa shape index (κ1) is 14.9. The number of nitrogens with one attached hydrogen (secondary N) is 2. The van der Waals surface area contributed by atoms with E-state index in [2.05, 4.69) is 10.6 Å². The smallest absolute Gasteiger partial charge is 0.313 e. The van der Waals surface area contributed by atoms with Crippen molar-refractivity contribution < 1.29 is 14.7 Å². The Bertz CT molecular complexity index is 570. The van der Waals surface area contributed by atoms with E-state index in [1.807, 2.05) is 6.92 Å². The maximum Gasteiger partial charge on any atom is 0.313 e. The standard InChI is InChI=1S/C17H22N2O3/c1-10(15-9-11-2-3-12(15)8-11)18-16(21)17(22)19-13-4-6-14(20)7-5-13/h4-7,10-12,15,20H,2-3,8-9H2,1H3,(H,18,21)(H,19,22). The second-order valence-electron chi connectivity index (χ2n) is 6.60. The molecule has 1 aromatic carbocycles. The Labute approximate surface area is 130 Å². The van der Waals surface area contributed by atoms with Crippen LogP contribution >= 0.6 is 0 Å². The van der Waals surface area contributed by atoms with Crippen molar-refractivity contribution in [1.82, 2.24) is 5.32 Å². The van der Waals surface area contributed by atoms with Crippen molar-refractivity contribution in [1.29, 1.82) is 0 Å². The molecule has 0 radical (unpaired) electrons. The molecule has 0 heterocycles. The predicted molar refractivity (Wildman–Crippen MR) is 83.3 cm³/mol. The first-order chi connectivity index (χ1) is 10.5. The molecule has 0 saturated heterocycles. The van der Waals surface area contributed by atoms with Gasteiger partial charge in [0, 0.05) is 11.7 Å². The number of fused-ring (bicyclic) bond motifs is 2. The van der Waals surface area contributed by atoms with Gasteiger partial charge in [0.05, 0.1) is 0 Å². The molecule has 22 heavy (non-hydrogen) atoms. The molecule has 2 aliphatic rings. The minimum Gasteiger partial charge on any atom is -0.508 e. The van der Waals surface area contributed by atoms with Crippen molar-refractivity contribution in [2.24, 2.45) is 17.8 Å². The fourth-order valence-electron chi connectivity index (χ4n) is 4.02. The molecule has 2 fully saturated rings. The zero-order valence-corrected chi connectivity index (χ0v) is 12.7. The van der Waals surface area contributed by atoms with Crippen molar-refractivity contribution in [3.8, 4) is 5.75 Å². The Balaban J connectivity index is 1.52. The minimum atomic E-state index is -0.666. The molecular formula is C17H22N2O3. The summed E-state index contributed by atoms with van der Waals surface area (Å²) in [5, 5.41) is 14.6. The number of hydrogen-bond acceptors (Lipinski definition) is 3. The van der Waals surface area contributed by atoms with Crippen molar-refractivity contribution in [3.63, 3.8) is 0 Å². The molecule has 2 bridgehead atoms. The summed E-state index contributed by atoms with van der Waals surface area (Å²) in [6.07, 6.45) is 5.04. The molecular weight excluding hydrogens is 280 g/mol. The number of hydrogen-bond donors (Lipinski definition) is 3. The maximum atomic E-state index is 12.0. The highest BCUT2D eigenvalue weighted by Crippen LogP contribution is 2.49. The van der Waals surface area contributed by atoms with Gasteiger partial charge in [-0.3, -0.25) is 9.59 Å². The van der Waals surface area contributed by atoms with Crippen LogP contribution < -0.4 is 10.6 Å². The third-order valence-corrected chi connectivity index (χ3v) is 5.13. The lowest BCUT2D eigenvalue weighted by Crippen LogP contribution is -2.45. The largest absolute Gasteiger partial charge is 0.508 e. The number of rotatable bonds is 3. The van der Waals surface area contributed by atoms with Gasteiger partial charge in [-0.2, -0.15) is 0 Å². The molecule has 3 N–H and O–H groups in total. The van der Waals surface area contributed by atoms with Crippen molar-refractivity contribution in [3.05, 3.63) is 24.3 Å². The van der Waals surface area contributed by atoms with Gasteiger partial charge >= 0.3 is 11.8 Å². The number of aromatic hydroxyl groups is 1. The summed E-state index contributed by atoms with van der Waals surface area (Å²) >= 11 is 0. The molecule has 4 unspecified atom stereocenters. The molecule has 5 heteroatoms. The average Bonchev–Trinajstić information content (AvgIpc) is 3.12. The molecule has 3 rings (SSSR count). The lowest BCUT2D eigenvalue weighted by molar-refractivity contribution is -0.136. The van der Waals surface area contributed by atoms with Gasteiger partial charge in [0.2, 0.25) is 0 Å². The van der Waals surface area contributed by atoms with E-state index in [0.717, 1.165) is 5.92 Å². The molecule has 5 nitrogen and oxygen atoms in total. The number of phenols is 1. The quantitative estimate of drug-likeness (QED) is 0.592. The summed E-state index contributed by atoms with van der Waals surface area (Å²) in [7, 11) is 0. The van der Waals surface area contributed by atoms with Crippen LogP contribution in [0.3, 0.4) is 0 Å². The number of anilines is 1. The molecule has 2 saturated carbocycles. The van der Waals surface area contributed by atoms with E-state index in [1.165, 1.54) is 37.8 Å².